The Hall–Kier alpha value is -3.39. The summed E-state index contributed by atoms with van der Waals surface area (Å²) >= 11 is 6.09. The molecule has 138 valence electrons. The SMILES string of the molecule is COC(=O)c1ccc(Cl)c(NC(=O)c2ccnc(NCc3ccco3)n2)c1. The van der Waals surface area contributed by atoms with Gasteiger partial charge in [-0.2, -0.15) is 0 Å². The van der Waals surface area contributed by atoms with Gasteiger partial charge in [0.05, 0.1) is 36.2 Å². The van der Waals surface area contributed by atoms with Crippen molar-refractivity contribution in [1.29, 1.82) is 0 Å². The number of amides is 1. The van der Waals surface area contributed by atoms with Gasteiger partial charge in [-0.3, -0.25) is 4.79 Å². The number of carbonyl (C=O) groups is 2. The molecular formula is C18H15ClN4O4. The molecule has 0 aliphatic carbocycles. The number of halogens is 1. The fourth-order valence-electron chi connectivity index (χ4n) is 2.20. The lowest BCUT2D eigenvalue weighted by atomic mass is 10.2. The van der Waals surface area contributed by atoms with E-state index in [-0.39, 0.29) is 27.9 Å². The van der Waals surface area contributed by atoms with Crippen LogP contribution in [0.5, 0.6) is 0 Å². The van der Waals surface area contributed by atoms with Crippen LogP contribution in [-0.4, -0.2) is 29.0 Å². The number of esters is 1. The summed E-state index contributed by atoms with van der Waals surface area (Å²) in [5.74, 6) is -0.0516. The fourth-order valence-corrected chi connectivity index (χ4v) is 2.37. The molecule has 0 aliphatic heterocycles. The van der Waals surface area contributed by atoms with Crippen LogP contribution < -0.4 is 10.6 Å². The fraction of sp³-hybridized carbons (Fsp3) is 0.111. The first-order valence-corrected chi connectivity index (χ1v) is 8.23. The Morgan fingerprint density at radius 1 is 1.26 bits per heavy atom. The molecule has 3 rings (SSSR count). The Kier molecular flexibility index (Phi) is 5.68. The Morgan fingerprint density at radius 3 is 2.85 bits per heavy atom. The molecule has 2 heterocycles. The maximum Gasteiger partial charge on any atom is 0.337 e. The molecule has 2 aromatic heterocycles. The molecule has 3 aromatic rings. The van der Waals surface area contributed by atoms with Crippen LogP contribution in [0.15, 0.2) is 53.3 Å². The van der Waals surface area contributed by atoms with E-state index in [1.54, 1.807) is 18.4 Å². The average molecular weight is 387 g/mol. The largest absolute Gasteiger partial charge is 0.467 e. The second kappa shape index (κ2) is 8.33. The minimum absolute atomic E-state index is 0.131. The molecule has 0 saturated heterocycles. The quantitative estimate of drug-likeness (QED) is 0.625. The number of ether oxygens (including phenoxy) is 1. The zero-order valence-electron chi connectivity index (χ0n) is 14.2. The van der Waals surface area contributed by atoms with Crippen LogP contribution in [-0.2, 0) is 11.3 Å². The number of carbonyl (C=O) groups excluding carboxylic acids is 2. The lowest BCUT2D eigenvalue weighted by molar-refractivity contribution is 0.0600. The smallest absolute Gasteiger partial charge is 0.337 e. The van der Waals surface area contributed by atoms with Crippen molar-refractivity contribution in [3.05, 3.63) is 70.9 Å². The summed E-state index contributed by atoms with van der Waals surface area (Å²) in [4.78, 5) is 32.3. The van der Waals surface area contributed by atoms with E-state index in [1.807, 2.05) is 0 Å². The molecule has 0 unspecified atom stereocenters. The number of hydrogen-bond donors (Lipinski definition) is 2. The molecule has 0 saturated carbocycles. The number of methoxy groups -OCH3 is 1. The second-order valence-electron chi connectivity index (χ2n) is 5.34. The zero-order chi connectivity index (χ0) is 19.2. The van der Waals surface area contributed by atoms with Crippen molar-refractivity contribution >= 4 is 35.1 Å². The highest BCUT2D eigenvalue weighted by Crippen LogP contribution is 2.24. The first kappa shape index (κ1) is 18.4. The van der Waals surface area contributed by atoms with E-state index in [9.17, 15) is 9.59 Å². The number of nitrogens with one attached hydrogen (secondary N) is 2. The Bertz CT molecular complexity index is 960. The molecule has 0 aliphatic rings. The molecule has 0 fully saturated rings. The number of nitrogens with zero attached hydrogens (tertiary/aromatic N) is 2. The minimum atomic E-state index is -0.534. The number of rotatable bonds is 6. The van der Waals surface area contributed by atoms with Crippen LogP contribution in [0.3, 0.4) is 0 Å². The van der Waals surface area contributed by atoms with Gasteiger partial charge in [0.25, 0.3) is 5.91 Å². The standard InChI is InChI=1S/C18H15ClN4O4/c1-26-17(25)11-4-5-13(19)15(9-11)22-16(24)14-6-7-20-18(23-14)21-10-12-3-2-8-27-12/h2-9H,10H2,1H3,(H,22,24)(H,20,21,23). The summed E-state index contributed by atoms with van der Waals surface area (Å²) in [6, 6.07) is 9.48. The normalized spacial score (nSPS) is 10.3. The van der Waals surface area contributed by atoms with Gasteiger partial charge in [-0.15, -0.1) is 0 Å². The first-order chi connectivity index (χ1) is 13.1. The van der Waals surface area contributed by atoms with Gasteiger partial charge in [0.1, 0.15) is 11.5 Å². The molecule has 0 radical (unpaired) electrons. The van der Waals surface area contributed by atoms with E-state index < -0.39 is 11.9 Å². The monoisotopic (exact) mass is 386 g/mol. The van der Waals surface area contributed by atoms with Gasteiger partial charge in [0.2, 0.25) is 5.95 Å². The second-order valence-corrected chi connectivity index (χ2v) is 5.75. The van der Waals surface area contributed by atoms with Crippen molar-refractivity contribution in [1.82, 2.24) is 9.97 Å². The molecular weight excluding hydrogens is 372 g/mol. The van der Waals surface area contributed by atoms with E-state index >= 15 is 0 Å². The predicted molar refractivity (Wildman–Crippen MR) is 98.8 cm³/mol. The highest BCUT2D eigenvalue weighted by Gasteiger charge is 2.14. The van der Waals surface area contributed by atoms with Crippen molar-refractivity contribution < 1.29 is 18.7 Å². The van der Waals surface area contributed by atoms with Gasteiger partial charge in [0.15, 0.2) is 0 Å². The van der Waals surface area contributed by atoms with Crippen LogP contribution in [0.4, 0.5) is 11.6 Å². The van der Waals surface area contributed by atoms with Gasteiger partial charge < -0.3 is 19.8 Å². The maximum atomic E-state index is 12.5. The molecule has 1 aromatic carbocycles. The molecule has 27 heavy (non-hydrogen) atoms. The van der Waals surface area contributed by atoms with Crippen molar-refractivity contribution in [2.24, 2.45) is 0 Å². The number of aromatic nitrogens is 2. The lowest BCUT2D eigenvalue weighted by Gasteiger charge is -2.09. The predicted octanol–water partition coefficient (Wildman–Crippen LogP) is 3.37. The summed E-state index contributed by atoms with van der Waals surface area (Å²) in [7, 11) is 1.27. The summed E-state index contributed by atoms with van der Waals surface area (Å²) < 4.78 is 9.88. The van der Waals surface area contributed by atoms with E-state index in [1.165, 1.54) is 37.6 Å². The number of hydrogen-bond acceptors (Lipinski definition) is 7. The molecule has 0 spiro atoms. The van der Waals surface area contributed by atoms with Crippen molar-refractivity contribution in [2.45, 2.75) is 6.54 Å². The van der Waals surface area contributed by atoms with Crippen molar-refractivity contribution in [3.8, 4) is 0 Å². The zero-order valence-corrected chi connectivity index (χ0v) is 15.0. The molecule has 0 bridgehead atoms. The third-order valence-electron chi connectivity index (χ3n) is 3.52. The molecule has 2 N–H and O–H groups in total. The van der Waals surface area contributed by atoms with E-state index in [2.05, 4.69) is 25.3 Å². The minimum Gasteiger partial charge on any atom is -0.467 e. The Labute approximate surface area is 159 Å². The lowest BCUT2D eigenvalue weighted by Crippen LogP contribution is -2.16. The molecule has 9 heteroatoms. The summed E-state index contributed by atoms with van der Waals surface area (Å²) in [5.41, 5.74) is 0.667. The third-order valence-corrected chi connectivity index (χ3v) is 3.85. The number of furan rings is 1. The molecule has 8 nitrogen and oxygen atoms in total. The van der Waals surface area contributed by atoms with Gasteiger partial charge in [-0.05, 0) is 36.4 Å². The van der Waals surface area contributed by atoms with Gasteiger partial charge >= 0.3 is 5.97 Å². The highest BCUT2D eigenvalue weighted by atomic mass is 35.5. The van der Waals surface area contributed by atoms with Gasteiger partial charge in [0, 0.05) is 6.20 Å². The number of benzene rings is 1. The van der Waals surface area contributed by atoms with E-state index in [0.717, 1.165) is 0 Å². The Balaban J connectivity index is 1.72. The summed E-state index contributed by atoms with van der Waals surface area (Å²) in [5, 5.41) is 5.87. The van der Waals surface area contributed by atoms with Gasteiger partial charge in [-0.1, -0.05) is 11.6 Å². The van der Waals surface area contributed by atoms with Crippen LogP contribution in [0, 0.1) is 0 Å². The number of anilines is 2. The van der Waals surface area contributed by atoms with Gasteiger partial charge in [-0.25, -0.2) is 14.8 Å². The molecule has 0 atom stereocenters. The van der Waals surface area contributed by atoms with E-state index in [4.69, 9.17) is 16.0 Å². The topological polar surface area (TPSA) is 106 Å². The first-order valence-electron chi connectivity index (χ1n) is 7.85. The summed E-state index contributed by atoms with van der Waals surface area (Å²) in [6.45, 7) is 0.380. The van der Waals surface area contributed by atoms with Crippen molar-refractivity contribution in [2.75, 3.05) is 17.7 Å². The van der Waals surface area contributed by atoms with Crippen LogP contribution in [0.25, 0.3) is 0 Å². The van der Waals surface area contributed by atoms with E-state index in [0.29, 0.717) is 12.3 Å². The average Bonchev–Trinajstić information content (AvgIpc) is 3.21. The third kappa shape index (κ3) is 4.62. The summed E-state index contributed by atoms with van der Waals surface area (Å²) in [6.07, 6.45) is 3.02. The Morgan fingerprint density at radius 2 is 2.11 bits per heavy atom. The molecule has 1 amide bonds. The van der Waals surface area contributed by atoms with Crippen LogP contribution in [0.2, 0.25) is 5.02 Å². The van der Waals surface area contributed by atoms with Crippen LogP contribution in [0.1, 0.15) is 26.6 Å². The van der Waals surface area contributed by atoms with Crippen molar-refractivity contribution in [3.63, 3.8) is 0 Å². The highest BCUT2D eigenvalue weighted by molar-refractivity contribution is 6.34. The van der Waals surface area contributed by atoms with Crippen LogP contribution >= 0.6 is 11.6 Å². The maximum absolute atomic E-state index is 12.5.